The monoisotopic (exact) mass is 1030 g/mol. The maximum absolute atomic E-state index is 2.45. The molecular weight excluding hydrogens is 967 g/mol. The second-order valence-corrected chi connectivity index (χ2v) is 28.1. The van der Waals surface area contributed by atoms with Crippen LogP contribution in [0.4, 0.5) is 0 Å². The molecule has 2 atom stereocenters. The van der Waals surface area contributed by atoms with E-state index in [1.54, 1.807) is 0 Å². The summed E-state index contributed by atoms with van der Waals surface area (Å²) in [7, 11) is -3.93. The van der Waals surface area contributed by atoms with E-state index in [2.05, 4.69) is 274 Å². The summed E-state index contributed by atoms with van der Waals surface area (Å²) in [4.78, 5) is 0. The number of hydrogen-bond donors (Lipinski definition) is 0. The summed E-state index contributed by atoms with van der Waals surface area (Å²) in [5.74, 6) is 1.07. The first-order chi connectivity index (χ1) is 30.7. The van der Waals surface area contributed by atoms with E-state index < -0.39 is 16.1 Å². The zero-order valence-electron chi connectivity index (χ0n) is 40.3. The topological polar surface area (TPSA) is 0 Å². The molecule has 0 N–H and O–H groups in total. The van der Waals surface area contributed by atoms with E-state index in [1.165, 1.54) is 65.5 Å². The fourth-order valence-electron chi connectivity index (χ4n) is 9.07. The molecule has 0 amide bonds. The average molecular weight is 1040 g/mol. The van der Waals surface area contributed by atoms with Gasteiger partial charge in [-0.2, -0.15) is 45.8 Å². The van der Waals surface area contributed by atoms with E-state index in [1.807, 2.05) is 0 Å². The summed E-state index contributed by atoms with van der Waals surface area (Å²) in [5, 5.41) is 11.5. The van der Waals surface area contributed by atoms with Crippen molar-refractivity contribution < 1.29 is 51.0 Å². The quantitative estimate of drug-likeness (QED) is 0.0845. The predicted octanol–water partition coefficient (Wildman–Crippen LogP) is 4.68. The summed E-state index contributed by atoms with van der Waals surface area (Å²) in [6.45, 7) is 18.4. The molecular formula is C60H69Cl2Si3Zr. The molecule has 0 aliphatic rings. The minimum atomic E-state index is -2.32. The van der Waals surface area contributed by atoms with Gasteiger partial charge in [0.1, 0.15) is 16.1 Å². The fourth-order valence-corrected chi connectivity index (χ4v) is 20.3. The third kappa shape index (κ3) is 13.2. The third-order valence-electron chi connectivity index (χ3n) is 12.9. The third-order valence-corrected chi connectivity index (χ3v) is 24.7. The van der Waals surface area contributed by atoms with Gasteiger partial charge in [0, 0.05) is 9.52 Å². The van der Waals surface area contributed by atoms with E-state index in [9.17, 15) is 0 Å². The van der Waals surface area contributed by atoms with Crippen LogP contribution in [-0.2, 0) is 26.2 Å². The van der Waals surface area contributed by atoms with Crippen molar-refractivity contribution in [2.45, 2.75) is 91.1 Å². The van der Waals surface area contributed by atoms with Gasteiger partial charge in [0.05, 0.1) is 0 Å². The van der Waals surface area contributed by atoms with Gasteiger partial charge in [-0.1, -0.05) is 292 Å². The number of halogens is 2. The largest absolute Gasteiger partial charge is 4.00 e. The van der Waals surface area contributed by atoms with Crippen molar-refractivity contribution in [2.24, 2.45) is 0 Å². The first kappa shape index (κ1) is 56.5. The van der Waals surface area contributed by atoms with Gasteiger partial charge in [-0.25, -0.2) is 12.1 Å². The molecule has 1 radical (unpaired) electrons. The summed E-state index contributed by atoms with van der Waals surface area (Å²) < 4.78 is 0. The maximum atomic E-state index is 2.45. The number of hydrogen-bond acceptors (Lipinski definition) is 0. The van der Waals surface area contributed by atoms with Crippen molar-refractivity contribution in [3.63, 3.8) is 0 Å². The van der Waals surface area contributed by atoms with Crippen LogP contribution < -0.4 is 66.3 Å². The standard InChI is InChI=1S/2C26H25Si.C8H19Si.2ClH.Zr/c2*1-21(2)22-18-19-26(20-22)27(23-12-6-3-7-13-23,24-14-8-4-9-15-24)25-16-10-5-11-17-25;1-5-7(3)9-8(4)6-2;;;/h2*3-21H,1-2H3;7-9H,5-6H2,1-4H3;2*1H;/q2*-1;;;;+4/p-2. The van der Waals surface area contributed by atoms with Crippen LogP contribution in [-0.4, -0.2) is 25.7 Å². The molecule has 6 heteroatoms. The van der Waals surface area contributed by atoms with E-state index >= 15 is 0 Å². The molecule has 0 bridgehead atoms. The minimum absolute atomic E-state index is 0. The Morgan fingerprint density at radius 1 is 0.364 bits per heavy atom. The first-order valence-corrected chi connectivity index (χ1v) is 28.7. The van der Waals surface area contributed by atoms with Crippen LogP contribution in [0.2, 0.25) is 11.1 Å². The molecule has 8 aromatic rings. The Morgan fingerprint density at radius 3 is 0.742 bits per heavy atom. The number of benzene rings is 6. The Kier molecular flexibility index (Phi) is 23.8. The molecule has 0 saturated heterocycles. The zero-order chi connectivity index (χ0) is 44.7. The zero-order valence-corrected chi connectivity index (χ0v) is 47.5. The molecule has 8 aromatic carbocycles. The van der Waals surface area contributed by atoms with Gasteiger partial charge < -0.3 is 24.8 Å². The smallest absolute Gasteiger partial charge is 1.00 e. The second kappa shape index (κ2) is 27.8. The van der Waals surface area contributed by atoms with Gasteiger partial charge in [0.25, 0.3) is 0 Å². The van der Waals surface area contributed by atoms with E-state index in [0.29, 0.717) is 11.8 Å². The van der Waals surface area contributed by atoms with Gasteiger partial charge in [0.2, 0.25) is 0 Å². The van der Waals surface area contributed by atoms with Crippen molar-refractivity contribution >= 4 is 67.2 Å². The number of rotatable bonds is 14. The Morgan fingerprint density at radius 2 is 0.576 bits per heavy atom. The van der Waals surface area contributed by atoms with Crippen LogP contribution in [0.25, 0.3) is 0 Å². The summed E-state index contributed by atoms with van der Waals surface area (Å²) in [5.41, 5.74) is 4.87. The van der Waals surface area contributed by atoms with Crippen LogP contribution in [0, 0.1) is 0 Å². The van der Waals surface area contributed by atoms with Gasteiger partial charge in [-0.3, -0.25) is 0 Å². The summed E-state index contributed by atoms with van der Waals surface area (Å²) in [6, 6.07) is 80.8. The molecule has 8 rings (SSSR count). The van der Waals surface area contributed by atoms with Crippen molar-refractivity contribution in [3.05, 3.63) is 230 Å². The normalized spacial score (nSPS) is 11.9. The molecule has 0 aliphatic carbocycles. The summed E-state index contributed by atoms with van der Waals surface area (Å²) in [6.07, 6.45) is 2.75. The molecule has 0 heterocycles. The average Bonchev–Trinajstić information content (AvgIpc) is 4.05. The Bertz CT molecular complexity index is 2120. The molecule has 0 saturated carbocycles. The van der Waals surface area contributed by atoms with Crippen LogP contribution >= 0.6 is 0 Å². The van der Waals surface area contributed by atoms with Crippen molar-refractivity contribution in [3.8, 4) is 0 Å². The first-order valence-electron chi connectivity index (χ1n) is 23.4. The van der Waals surface area contributed by atoms with Crippen LogP contribution in [0.15, 0.2) is 218 Å². The molecule has 66 heavy (non-hydrogen) atoms. The van der Waals surface area contributed by atoms with Crippen LogP contribution in [0.1, 0.15) is 91.2 Å². The molecule has 339 valence electrons. The minimum Gasteiger partial charge on any atom is -1.00 e. The van der Waals surface area contributed by atoms with Crippen molar-refractivity contribution in [2.75, 3.05) is 0 Å². The van der Waals surface area contributed by atoms with Gasteiger partial charge >= 0.3 is 26.2 Å². The van der Waals surface area contributed by atoms with E-state index in [4.69, 9.17) is 0 Å². The predicted molar refractivity (Wildman–Crippen MR) is 286 cm³/mol. The van der Waals surface area contributed by atoms with E-state index in [0.717, 1.165) is 20.6 Å². The van der Waals surface area contributed by atoms with Crippen LogP contribution in [0.3, 0.4) is 0 Å². The van der Waals surface area contributed by atoms with Crippen molar-refractivity contribution in [1.82, 2.24) is 0 Å². The van der Waals surface area contributed by atoms with Crippen LogP contribution in [0.5, 0.6) is 0 Å². The van der Waals surface area contributed by atoms with Gasteiger partial charge in [0.15, 0.2) is 0 Å². The Balaban J connectivity index is 0.000000285. The summed E-state index contributed by atoms with van der Waals surface area (Å²) >= 11 is 0. The molecule has 0 aromatic heterocycles. The van der Waals surface area contributed by atoms with E-state index in [-0.39, 0.29) is 51.0 Å². The molecule has 0 spiro atoms. The molecule has 2 unspecified atom stereocenters. The fraction of sp³-hybridized carbons (Fsp3) is 0.233. The maximum Gasteiger partial charge on any atom is 4.00 e. The van der Waals surface area contributed by atoms with Crippen molar-refractivity contribution in [1.29, 1.82) is 0 Å². The SMILES string of the molecule is CC(C)c1cc([Si](c2ccccc2)(c2ccccc2)c2ccccc2)c[cH-]1.CC(C)c1cc([Si](c2ccccc2)(c2ccccc2)c2ccccc2)c[cH-]1.CCC(C)[SiH]C(C)CC.[Cl-].[Cl-].[Zr+4]. The molecule has 0 fully saturated rings. The molecule has 0 nitrogen and oxygen atoms in total. The Hall–Kier alpha value is -3.87. The second-order valence-electron chi connectivity index (χ2n) is 17.8. The van der Waals surface area contributed by atoms with Gasteiger partial charge in [-0.05, 0) is 11.8 Å². The Labute approximate surface area is 435 Å². The van der Waals surface area contributed by atoms with Gasteiger partial charge in [-0.15, -0.1) is 0 Å². The molecule has 0 aliphatic heterocycles.